The number of benzene rings is 2. The number of sulfonamides is 1. The van der Waals surface area contributed by atoms with Gasteiger partial charge >= 0.3 is 0 Å². The Hall–Kier alpha value is -3.51. The number of hydrogen-bond donors (Lipinski definition) is 2. The number of aromatic nitrogens is 1. The monoisotopic (exact) mass is 638 g/mol. The SMILES string of the molecule is C[C@@H]1CN([C@H](C)CO)C(=O)c2cc(NS(=O)(=O)c3ccccc3)ccc2O[C@@H](C)CCCCO[C@@H]1CN(C)Cc1ccncc1. The van der Waals surface area contributed by atoms with Crippen LogP contribution in [0.4, 0.5) is 5.69 Å². The molecule has 1 aliphatic heterocycles. The fourth-order valence-corrected chi connectivity index (χ4v) is 6.50. The number of aliphatic hydroxyl groups excluding tert-OH is 1. The second-order valence-electron chi connectivity index (χ2n) is 12.0. The van der Waals surface area contributed by atoms with Crippen LogP contribution in [-0.2, 0) is 21.3 Å². The standard InChI is InChI=1S/C34H46N4O6S/c1-25-21-38(26(2)24-39)34(40)31-20-29(36-45(41,42)30-11-6-5-7-12-30)13-14-32(31)44-27(3)10-8-9-19-43-33(25)23-37(4)22-28-15-17-35-18-16-28/h5-7,11-18,20,25-27,33,36,39H,8-10,19,21-24H2,1-4H3/t25-,26-,27+,33-/m1/s1. The molecule has 0 bridgehead atoms. The Labute approximate surface area is 267 Å². The van der Waals surface area contributed by atoms with Crippen molar-refractivity contribution < 1.29 is 27.8 Å². The van der Waals surface area contributed by atoms with Crippen molar-refractivity contribution in [3.8, 4) is 5.75 Å². The minimum Gasteiger partial charge on any atom is -0.490 e. The average molecular weight is 639 g/mol. The molecule has 0 unspecified atom stereocenters. The predicted octanol–water partition coefficient (Wildman–Crippen LogP) is 4.81. The molecule has 1 aromatic heterocycles. The van der Waals surface area contributed by atoms with Gasteiger partial charge in [-0.25, -0.2) is 8.42 Å². The molecule has 0 saturated carbocycles. The topological polar surface area (TPSA) is 121 Å². The first-order valence-electron chi connectivity index (χ1n) is 15.6. The van der Waals surface area contributed by atoms with E-state index in [1.165, 1.54) is 18.2 Å². The zero-order valence-electron chi connectivity index (χ0n) is 26.6. The van der Waals surface area contributed by atoms with E-state index in [-0.39, 0.29) is 46.8 Å². The summed E-state index contributed by atoms with van der Waals surface area (Å²) in [6, 6.07) is 16.3. The smallest absolute Gasteiger partial charge is 0.261 e. The van der Waals surface area contributed by atoms with Gasteiger partial charge in [-0.2, -0.15) is 0 Å². The van der Waals surface area contributed by atoms with Gasteiger partial charge in [-0.3, -0.25) is 19.4 Å². The molecule has 10 nitrogen and oxygen atoms in total. The fourth-order valence-electron chi connectivity index (χ4n) is 5.43. The summed E-state index contributed by atoms with van der Waals surface area (Å²) in [7, 11) is -1.83. The molecule has 0 aliphatic carbocycles. The molecule has 244 valence electrons. The molecule has 0 radical (unpaired) electrons. The molecular weight excluding hydrogens is 592 g/mol. The maximum atomic E-state index is 14.3. The third-order valence-electron chi connectivity index (χ3n) is 8.05. The minimum atomic E-state index is -3.88. The summed E-state index contributed by atoms with van der Waals surface area (Å²) in [6.07, 6.45) is 5.73. The molecular formula is C34H46N4O6S. The number of rotatable bonds is 9. The number of amides is 1. The van der Waals surface area contributed by atoms with Gasteiger partial charge < -0.3 is 19.5 Å². The lowest BCUT2D eigenvalue weighted by Gasteiger charge is -2.36. The molecule has 11 heteroatoms. The van der Waals surface area contributed by atoms with Gasteiger partial charge in [0.05, 0.1) is 35.3 Å². The van der Waals surface area contributed by atoms with E-state index in [1.807, 2.05) is 26.1 Å². The van der Waals surface area contributed by atoms with E-state index in [2.05, 4.69) is 21.5 Å². The average Bonchev–Trinajstić information content (AvgIpc) is 3.03. The van der Waals surface area contributed by atoms with Crippen LogP contribution in [0.1, 0.15) is 56.0 Å². The van der Waals surface area contributed by atoms with Crippen molar-refractivity contribution in [2.75, 3.05) is 38.1 Å². The summed E-state index contributed by atoms with van der Waals surface area (Å²) in [6.45, 7) is 7.88. The summed E-state index contributed by atoms with van der Waals surface area (Å²) in [5, 5.41) is 10.2. The molecule has 4 atom stereocenters. The van der Waals surface area contributed by atoms with Crippen LogP contribution < -0.4 is 9.46 Å². The number of anilines is 1. The Balaban J connectivity index is 1.64. The number of likely N-dealkylation sites (N-methyl/N-ethyl adjacent to an activating group) is 1. The van der Waals surface area contributed by atoms with Crippen molar-refractivity contribution in [1.29, 1.82) is 0 Å². The quantitative estimate of drug-likeness (QED) is 0.343. The zero-order chi connectivity index (χ0) is 32.4. The highest BCUT2D eigenvalue weighted by molar-refractivity contribution is 7.92. The van der Waals surface area contributed by atoms with Crippen molar-refractivity contribution in [1.82, 2.24) is 14.8 Å². The molecule has 45 heavy (non-hydrogen) atoms. The number of aliphatic hydroxyl groups is 1. The van der Waals surface area contributed by atoms with Crippen LogP contribution in [0.2, 0.25) is 0 Å². The largest absolute Gasteiger partial charge is 0.490 e. The number of nitrogens with one attached hydrogen (secondary N) is 1. The first-order valence-corrected chi connectivity index (χ1v) is 17.0. The lowest BCUT2D eigenvalue weighted by atomic mass is 10.0. The molecule has 0 fully saturated rings. The Morgan fingerprint density at radius 3 is 2.53 bits per heavy atom. The Morgan fingerprint density at radius 1 is 1.09 bits per heavy atom. The van der Waals surface area contributed by atoms with Crippen molar-refractivity contribution >= 4 is 21.6 Å². The van der Waals surface area contributed by atoms with E-state index in [0.29, 0.717) is 25.4 Å². The fraction of sp³-hybridized carbons (Fsp3) is 0.471. The van der Waals surface area contributed by atoms with Gasteiger partial charge in [0.2, 0.25) is 0 Å². The molecule has 3 aromatic rings. The predicted molar refractivity (Wildman–Crippen MR) is 175 cm³/mol. The molecule has 1 amide bonds. The zero-order valence-corrected chi connectivity index (χ0v) is 27.4. The van der Waals surface area contributed by atoms with E-state index in [1.54, 1.807) is 54.5 Å². The first-order chi connectivity index (χ1) is 21.6. The number of pyridine rings is 1. The molecule has 2 heterocycles. The van der Waals surface area contributed by atoms with Crippen LogP contribution >= 0.6 is 0 Å². The molecule has 2 aromatic carbocycles. The van der Waals surface area contributed by atoms with E-state index in [9.17, 15) is 18.3 Å². The molecule has 0 spiro atoms. The van der Waals surface area contributed by atoms with E-state index < -0.39 is 16.1 Å². The maximum absolute atomic E-state index is 14.3. The van der Waals surface area contributed by atoms with Crippen molar-refractivity contribution in [3.05, 3.63) is 84.2 Å². The van der Waals surface area contributed by atoms with Crippen LogP contribution in [-0.4, -0.2) is 85.8 Å². The number of carbonyl (C=O) groups is 1. The summed E-state index contributed by atoms with van der Waals surface area (Å²) in [5.41, 5.74) is 1.62. The third kappa shape index (κ3) is 9.74. The second kappa shape index (κ2) is 16.2. The normalized spacial score (nSPS) is 21.0. The number of carbonyl (C=O) groups excluding carboxylic acids is 1. The van der Waals surface area contributed by atoms with Crippen molar-refractivity contribution in [2.45, 2.75) is 69.7 Å². The molecule has 4 rings (SSSR count). The summed E-state index contributed by atoms with van der Waals surface area (Å²) in [4.78, 5) is 22.4. The van der Waals surface area contributed by atoms with Gasteiger partial charge in [0.1, 0.15) is 5.75 Å². The van der Waals surface area contributed by atoms with E-state index >= 15 is 0 Å². The molecule has 2 N–H and O–H groups in total. The highest BCUT2D eigenvalue weighted by atomic mass is 32.2. The van der Waals surface area contributed by atoms with Crippen LogP contribution in [0.25, 0.3) is 0 Å². The van der Waals surface area contributed by atoms with Gasteiger partial charge in [0.25, 0.3) is 15.9 Å². The highest BCUT2D eigenvalue weighted by Crippen LogP contribution is 2.29. The van der Waals surface area contributed by atoms with Gasteiger partial charge in [-0.05, 0) is 88.2 Å². The minimum absolute atomic E-state index is 0.0751. The maximum Gasteiger partial charge on any atom is 0.261 e. The number of ether oxygens (including phenoxy) is 2. The molecule has 1 aliphatic rings. The van der Waals surface area contributed by atoms with Crippen molar-refractivity contribution in [2.24, 2.45) is 5.92 Å². The number of fused-ring (bicyclic) bond motifs is 1. The Morgan fingerprint density at radius 2 is 1.82 bits per heavy atom. The summed E-state index contributed by atoms with van der Waals surface area (Å²) >= 11 is 0. The van der Waals surface area contributed by atoms with Crippen LogP contribution in [0.5, 0.6) is 5.75 Å². The number of nitrogens with zero attached hydrogens (tertiary/aromatic N) is 3. The highest BCUT2D eigenvalue weighted by Gasteiger charge is 2.30. The van der Waals surface area contributed by atoms with E-state index in [4.69, 9.17) is 9.47 Å². The lowest BCUT2D eigenvalue weighted by Crippen LogP contribution is -2.47. The Kier molecular flexibility index (Phi) is 12.3. The molecule has 0 saturated heterocycles. The lowest BCUT2D eigenvalue weighted by molar-refractivity contribution is -0.0177. The van der Waals surface area contributed by atoms with Crippen LogP contribution in [0.3, 0.4) is 0 Å². The van der Waals surface area contributed by atoms with Gasteiger partial charge in [0, 0.05) is 50.2 Å². The summed E-state index contributed by atoms with van der Waals surface area (Å²) in [5.74, 6) is -0.0546. The third-order valence-corrected chi connectivity index (χ3v) is 9.45. The van der Waals surface area contributed by atoms with E-state index in [0.717, 1.165) is 31.4 Å². The Bertz CT molecular complexity index is 1470. The van der Waals surface area contributed by atoms with Crippen molar-refractivity contribution in [3.63, 3.8) is 0 Å². The van der Waals surface area contributed by atoms with Gasteiger partial charge in [-0.1, -0.05) is 25.1 Å². The van der Waals surface area contributed by atoms with Gasteiger partial charge in [0.15, 0.2) is 0 Å². The second-order valence-corrected chi connectivity index (χ2v) is 13.7. The number of hydrogen-bond acceptors (Lipinski definition) is 8. The first kappa shape index (κ1) is 34.4. The van der Waals surface area contributed by atoms with Crippen LogP contribution in [0.15, 0.2) is 78.0 Å². The summed E-state index contributed by atoms with van der Waals surface area (Å²) < 4.78 is 41.5. The van der Waals surface area contributed by atoms with Crippen LogP contribution in [0, 0.1) is 5.92 Å². The van der Waals surface area contributed by atoms with Gasteiger partial charge in [-0.15, -0.1) is 0 Å².